The molecular formula is C21H32O2Si. The normalized spacial score (nSPS) is 22.9. The van der Waals surface area contributed by atoms with Crippen molar-refractivity contribution >= 4 is 19.2 Å². The monoisotopic (exact) mass is 344 g/mol. The molecule has 1 aliphatic rings. The molecule has 2 nitrogen and oxygen atoms in total. The van der Waals surface area contributed by atoms with Gasteiger partial charge in [0.1, 0.15) is 8.07 Å². The maximum atomic E-state index is 12.2. The molecule has 24 heavy (non-hydrogen) atoms. The van der Waals surface area contributed by atoms with Crippen LogP contribution in [-0.2, 0) is 9.53 Å². The topological polar surface area (TPSA) is 26.3 Å². The van der Waals surface area contributed by atoms with Gasteiger partial charge in [-0.1, -0.05) is 73.6 Å². The third-order valence-corrected chi connectivity index (χ3v) is 9.39. The van der Waals surface area contributed by atoms with Crippen molar-refractivity contribution in [1.29, 1.82) is 0 Å². The molecule has 1 aromatic rings. The first kappa shape index (κ1) is 19.0. The largest absolute Gasteiger partial charge is 0.466 e. The van der Waals surface area contributed by atoms with E-state index in [0.29, 0.717) is 18.4 Å². The quantitative estimate of drug-likeness (QED) is 0.479. The Morgan fingerprint density at radius 2 is 1.83 bits per heavy atom. The number of benzene rings is 1. The highest BCUT2D eigenvalue weighted by Crippen LogP contribution is 2.53. The van der Waals surface area contributed by atoms with Gasteiger partial charge < -0.3 is 4.74 Å². The first-order valence-electron chi connectivity index (χ1n) is 9.33. The molecule has 0 N–H and O–H groups in total. The molecule has 1 saturated carbocycles. The summed E-state index contributed by atoms with van der Waals surface area (Å²) in [5, 5.41) is 2.78. The average Bonchev–Trinajstić information content (AvgIpc) is 3.26. The Kier molecular flexibility index (Phi) is 6.45. The number of ether oxygens (including phenoxy) is 1. The Labute approximate surface area is 148 Å². The predicted molar refractivity (Wildman–Crippen MR) is 104 cm³/mol. The molecule has 0 spiro atoms. The molecule has 0 saturated heterocycles. The van der Waals surface area contributed by atoms with Crippen LogP contribution in [0.3, 0.4) is 0 Å². The van der Waals surface area contributed by atoms with Crippen molar-refractivity contribution in [3.63, 3.8) is 0 Å². The van der Waals surface area contributed by atoms with Crippen LogP contribution >= 0.6 is 0 Å². The molecule has 1 fully saturated rings. The fraction of sp³-hybridized carbons (Fsp3) is 0.571. The molecule has 0 aromatic heterocycles. The zero-order valence-electron chi connectivity index (χ0n) is 15.7. The second kappa shape index (κ2) is 8.15. The smallest absolute Gasteiger partial charge is 0.309 e. The minimum atomic E-state index is -1.70. The van der Waals surface area contributed by atoms with Crippen LogP contribution in [0.2, 0.25) is 13.1 Å². The standard InChI is InChI=1S/C21H32O2Si/c1-6-8-14-18-19(20(18)21(22)23-7-2)15-16(3)24(4,5)17-12-10-9-11-13-17/h9-13,18-20H,3,6-8,14-15H2,1-2,4-5H3/t18-,19-,20-/m1/s1. The second-order valence-corrected chi connectivity index (χ2v) is 12.1. The van der Waals surface area contributed by atoms with Gasteiger partial charge in [-0.25, -0.2) is 0 Å². The summed E-state index contributed by atoms with van der Waals surface area (Å²) in [5.74, 6) is 1.06. The summed E-state index contributed by atoms with van der Waals surface area (Å²) in [7, 11) is -1.70. The van der Waals surface area contributed by atoms with Gasteiger partial charge in [0.15, 0.2) is 0 Å². The number of hydrogen-bond acceptors (Lipinski definition) is 2. The number of carbonyl (C=O) groups excluding carboxylic acids is 1. The Balaban J connectivity index is 2.04. The zero-order valence-corrected chi connectivity index (χ0v) is 16.7. The molecule has 3 heteroatoms. The number of carbonyl (C=O) groups is 1. The predicted octanol–water partition coefficient (Wildman–Crippen LogP) is 4.70. The number of allylic oxidation sites excluding steroid dienone is 1. The second-order valence-electron chi connectivity index (χ2n) is 7.55. The van der Waals surface area contributed by atoms with Crippen molar-refractivity contribution in [3.8, 4) is 0 Å². The van der Waals surface area contributed by atoms with Crippen molar-refractivity contribution in [2.75, 3.05) is 6.61 Å². The molecule has 2 rings (SSSR count). The van der Waals surface area contributed by atoms with Crippen molar-refractivity contribution in [2.24, 2.45) is 17.8 Å². The molecule has 0 unspecified atom stereocenters. The minimum Gasteiger partial charge on any atom is -0.466 e. The molecule has 0 bridgehead atoms. The fourth-order valence-corrected chi connectivity index (χ4v) is 5.92. The van der Waals surface area contributed by atoms with Gasteiger partial charge in [0.05, 0.1) is 12.5 Å². The first-order chi connectivity index (χ1) is 11.4. The van der Waals surface area contributed by atoms with Gasteiger partial charge in [0.2, 0.25) is 0 Å². The van der Waals surface area contributed by atoms with E-state index in [4.69, 9.17) is 4.74 Å². The van der Waals surface area contributed by atoms with E-state index in [-0.39, 0.29) is 11.9 Å². The van der Waals surface area contributed by atoms with Crippen LogP contribution in [0, 0.1) is 17.8 Å². The number of unbranched alkanes of at least 4 members (excludes halogenated alkanes) is 1. The Morgan fingerprint density at radius 3 is 2.42 bits per heavy atom. The van der Waals surface area contributed by atoms with Crippen LogP contribution in [0.5, 0.6) is 0 Å². The fourth-order valence-electron chi connectivity index (χ4n) is 3.74. The highest BCUT2D eigenvalue weighted by molar-refractivity contribution is 6.95. The van der Waals surface area contributed by atoms with Gasteiger partial charge in [0, 0.05) is 0 Å². The third kappa shape index (κ3) is 4.18. The van der Waals surface area contributed by atoms with Crippen molar-refractivity contribution in [2.45, 2.75) is 52.6 Å². The van der Waals surface area contributed by atoms with E-state index in [2.05, 4.69) is 56.9 Å². The van der Waals surface area contributed by atoms with Gasteiger partial charge >= 0.3 is 5.97 Å². The lowest BCUT2D eigenvalue weighted by Gasteiger charge is -2.26. The third-order valence-electron chi connectivity index (χ3n) is 5.64. The molecule has 1 aromatic carbocycles. The Hall–Kier alpha value is -1.35. The maximum absolute atomic E-state index is 12.2. The highest BCUT2D eigenvalue weighted by Gasteiger charge is 2.55. The molecule has 3 atom stereocenters. The molecule has 0 heterocycles. The van der Waals surface area contributed by atoms with Crippen LogP contribution in [0.15, 0.2) is 42.1 Å². The van der Waals surface area contributed by atoms with Gasteiger partial charge in [-0.05, 0) is 31.6 Å². The molecule has 0 amide bonds. The average molecular weight is 345 g/mol. The van der Waals surface area contributed by atoms with E-state index in [1.807, 2.05) is 6.92 Å². The lowest BCUT2D eigenvalue weighted by Crippen LogP contribution is -2.43. The zero-order chi connectivity index (χ0) is 17.7. The highest BCUT2D eigenvalue weighted by atomic mass is 28.3. The van der Waals surface area contributed by atoms with Crippen LogP contribution in [0.4, 0.5) is 0 Å². The number of hydrogen-bond donors (Lipinski definition) is 0. The van der Waals surface area contributed by atoms with Crippen molar-refractivity contribution in [3.05, 3.63) is 42.1 Å². The van der Waals surface area contributed by atoms with Crippen molar-refractivity contribution in [1.82, 2.24) is 0 Å². The summed E-state index contributed by atoms with van der Waals surface area (Å²) in [5.41, 5.74) is 0. The van der Waals surface area contributed by atoms with Gasteiger partial charge in [0.25, 0.3) is 0 Å². The van der Waals surface area contributed by atoms with Crippen LogP contribution in [0.1, 0.15) is 39.5 Å². The SMILES string of the molecule is C=C(C[C@@H]1[C@@H](CCCC)[C@H]1C(=O)OCC)[Si](C)(C)c1ccccc1. The van der Waals surface area contributed by atoms with Crippen LogP contribution < -0.4 is 5.19 Å². The lowest BCUT2D eigenvalue weighted by atomic mass is 10.1. The summed E-state index contributed by atoms with van der Waals surface area (Å²) in [6.07, 6.45) is 4.50. The van der Waals surface area contributed by atoms with Crippen LogP contribution in [-0.4, -0.2) is 20.7 Å². The molecular weight excluding hydrogens is 312 g/mol. The Morgan fingerprint density at radius 1 is 1.17 bits per heavy atom. The van der Waals surface area contributed by atoms with E-state index >= 15 is 0 Å². The summed E-state index contributed by atoms with van der Waals surface area (Å²) < 4.78 is 5.30. The molecule has 132 valence electrons. The lowest BCUT2D eigenvalue weighted by molar-refractivity contribution is -0.145. The Bertz CT molecular complexity index is 564. The van der Waals surface area contributed by atoms with E-state index in [1.165, 1.54) is 23.2 Å². The van der Waals surface area contributed by atoms with E-state index < -0.39 is 8.07 Å². The first-order valence-corrected chi connectivity index (χ1v) is 12.3. The summed E-state index contributed by atoms with van der Waals surface area (Å²) in [4.78, 5) is 12.2. The molecule has 0 aliphatic heterocycles. The summed E-state index contributed by atoms with van der Waals surface area (Å²) in [6.45, 7) is 13.8. The van der Waals surface area contributed by atoms with Gasteiger partial charge in [-0.2, -0.15) is 0 Å². The maximum Gasteiger partial charge on any atom is 0.309 e. The van der Waals surface area contributed by atoms with Gasteiger partial charge in [-0.15, -0.1) is 6.58 Å². The minimum absolute atomic E-state index is 0.00980. The summed E-state index contributed by atoms with van der Waals surface area (Å²) >= 11 is 0. The number of esters is 1. The van der Waals surface area contributed by atoms with Gasteiger partial charge in [-0.3, -0.25) is 4.79 Å². The van der Waals surface area contributed by atoms with E-state index in [1.54, 1.807) is 0 Å². The van der Waals surface area contributed by atoms with Crippen LogP contribution in [0.25, 0.3) is 0 Å². The number of rotatable bonds is 9. The van der Waals surface area contributed by atoms with E-state index in [9.17, 15) is 4.79 Å². The summed E-state index contributed by atoms with van der Waals surface area (Å²) in [6, 6.07) is 10.7. The van der Waals surface area contributed by atoms with E-state index in [0.717, 1.165) is 12.8 Å². The molecule has 0 radical (unpaired) electrons. The van der Waals surface area contributed by atoms with Crippen molar-refractivity contribution < 1.29 is 9.53 Å². The molecule has 1 aliphatic carbocycles.